The van der Waals surface area contributed by atoms with E-state index < -0.39 is 24.4 Å². The highest BCUT2D eigenvalue weighted by Crippen LogP contribution is 2.45. The molecule has 1 saturated heterocycles. The van der Waals surface area contributed by atoms with Gasteiger partial charge in [-0.15, -0.1) is 0 Å². The standard InChI is InChI=1S/C11H9F3O4/c1-16-7-4-2-3-5-8(7)18-9(15)10(6-17-10)11(12,13)14/h2-5H,6H2,1H3/t10-/m1/s1. The third-order valence-electron chi connectivity index (χ3n) is 2.49. The molecular weight excluding hydrogens is 253 g/mol. The van der Waals surface area contributed by atoms with Crippen molar-refractivity contribution in [1.29, 1.82) is 0 Å². The lowest BCUT2D eigenvalue weighted by Crippen LogP contribution is -2.43. The van der Waals surface area contributed by atoms with Crippen LogP contribution in [0.2, 0.25) is 0 Å². The van der Waals surface area contributed by atoms with Crippen LogP contribution >= 0.6 is 0 Å². The van der Waals surface area contributed by atoms with Gasteiger partial charge in [-0.1, -0.05) is 12.1 Å². The summed E-state index contributed by atoms with van der Waals surface area (Å²) < 4.78 is 51.5. The molecule has 0 spiro atoms. The highest BCUT2D eigenvalue weighted by Gasteiger charge is 2.73. The molecule has 1 aliphatic rings. The molecule has 1 atom stereocenters. The van der Waals surface area contributed by atoms with Crippen LogP contribution in [-0.2, 0) is 9.53 Å². The summed E-state index contributed by atoms with van der Waals surface area (Å²) in [5.41, 5.74) is -2.83. The van der Waals surface area contributed by atoms with E-state index in [0.29, 0.717) is 0 Å². The number of halogens is 3. The number of benzene rings is 1. The first-order valence-corrected chi connectivity index (χ1v) is 4.97. The van der Waals surface area contributed by atoms with Gasteiger partial charge in [-0.25, -0.2) is 4.79 Å². The Bertz CT molecular complexity index is 466. The van der Waals surface area contributed by atoms with Gasteiger partial charge in [0, 0.05) is 0 Å². The molecule has 1 heterocycles. The minimum atomic E-state index is -4.79. The Labute approximate surface area is 100 Å². The van der Waals surface area contributed by atoms with E-state index in [1.807, 2.05) is 0 Å². The first-order chi connectivity index (χ1) is 8.40. The van der Waals surface area contributed by atoms with Crippen molar-refractivity contribution in [2.24, 2.45) is 0 Å². The Balaban J connectivity index is 2.18. The van der Waals surface area contributed by atoms with Crippen molar-refractivity contribution in [2.45, 2.75) is 11.8 Å². The monoisotopic (exact) mass is 262 g/mol. The number of carbonyl (C=O) groups is 1. The lowest BCUT2D eigenvalue weighted by Gasteiger charge is -2.15. The van der Waals surface area contributed by atoms with E-state index in [1.165, 1.54) is 25.3 Å². The number of alkyl halides is 3. The Morgan fingerprint density at radius 2 is 1.89 bits per heavy atom. The highest BCUT2D eigenvalue weighted by atomic mass is 19.4. The zero-order chi connectivity index (χ0) is 13.4. The smallest absolute Gasteiger partial charge is 0.430 e. The Kier molecular flexibility index (Phi) is 2.94. The number of epoxide rings is 1. The summed E-state index contributed by atoms with van der Waals surface area (Å²) in [6.07, 6.45) is -4.79. The number of ether oxygens (including phenoxy) is 3. The average molecular weight is 262 g/mol. The highest BCUT2D eigenvalue weighted by molar-refractivity contribution is 5.86. The molecule has 0 bridgehead atoms. The molecule has 7 heteroatoms. The number of carbonyl (C=O) groups excluding carboxylic acids is 1. The summed E-state index contributed by atoms with van der Waals surface area (Å²) in [5, 5.41) is 0. The SMILES string of the molecule is COc1ccccc1OC(=O)[C@@]1(C(F)(F)F)CO1. The topological polar surface area (TPSA) is 48.1 Å². The lowest BCUT2D eigenvalue weighted by atomic mass is 10.1. The molecule has 0 radical (unpaired) electrons. The average Bonchev–Trinajstić information content (AvgIpc) is 3.10. The van der Waals surface area contributed by atoms with Crippen molar-refractivity contribution in [3.05, 3.63) is 24.3 Å². The molecule has 0 unspecified atom stereocenters. The molecule has 1 aromatic rings. The van der Waals surface area contributed by atoms with Gasteiger partial charge < -0.3 is 14.2 Å². The zero-order valence-electron chi connectivity index (χ0n) is 9.28. The van der Waals surface area contributed by atoms with Crippen molar-refractivity contribution in [3.8, 4) is 11.5 Å². The van der Waals surface area contributed by atoms with Gasteiger partial charge in [0.15, 0.2) is 11.5 Å². The maximum absolute atomic E-state index is 12.6. The summed E-state index contributed by atoms with van der Waals surface area (Å²) in [6, 6.07) is 5.92. The maximum Gasteiger partial charge on any atom is 0.430 e. The molecule has 98 valence electrons. The Hall–Kier alpha value is -1.76. The van der Waals surface area contributed by atoms with Crippen molar-refractivity contribution in [3.63, 3.8) is 0 Å². The molecule has 1 aliphatic heterocycles. The molecule has 0 aromatic heterocycles. The molecule has 18 heavy (non-hydrogen) atoms. The van der Waals surface area contributed by atoms with Crippen LogP contribution in [0.3, 0.4) is 0 Å². The normalized spacial score (nSPS) is 22.4. The molecular formula is C11H9F3O4. The van der Waals surface area contributed by atoms with Crippen LogP contribution in [0.15, 0.2) is 24.3 Å². The molecule has 0 amide bonds. The van der Waals surface area contributed by atoms with Crippen LogP contribution in [0.25, 0.3) is 0 Å². The lowest BCUT2D eigenvalue weighted by molar-refractivity contribution is -0.198. The minimum absolute atomic E-state index is 0.0795. The number of methoxy groups -OCH3 is 1. The number of hydrogen-bond acceptors (Lipinski definition) is 4. The third-order valence-corrected chi connectivity index (χ3v) is 2.49. The van der Waals surface area contributed by atoms with Crippen LogP contribution in [0.4, 0.5) is 13.2 Å². The first kappa shape index (κ1) is 12.7. The van der Waals surface area contributed by atoms with Gasteiger partial charge in [0.1, 0.15) is 0 Å². The van der Waals surface area contributed by atoms with E-state index in [2.05, 4.69) is 9.47 Å². The van der Waals surface area contributed by atoms with E-state index in [9.17, 15) is 18.0 Å². The fraction of sp³-hybridized carbons (Fsp3) is 0.364. The maximum atomic E-state index is 12.6. The molecule has 0 saturated carbocycles. The molecule has 0 N–H and O–H groups in total. The van der Waals surface area contributed by atoms with E-state index in [1.54, 1.807) is 6.07 Å². The summed E-state index contributed by atoms with van der Waals surface area (Å²) in [4.78, 5) is 11.5. The van der Waals surface area contributed by atoms with Gasteiger partial charge in [0.25, 0.3) is 5.60 Å². The number of para-hydroxylation sites is 2. The fourth-order valence-corrected chi connectivity index (χ4v) is 1.35. The van der Waals surface area contributed by atoms with Gasteiger partial charge in [0.05, 0.1) is 13.7 Å². The zero-order valence-corrected chi connectivity index (χ0v) is 9.28. The second-order valence-corrected chi connectivity index (χ2v) is 3.65. The van der Waals surface area contributed by atoms with E-state index in [0.717, 1.165) is 0 Å². The minimum Gasteiger partial charge on any atom is -0.493 e. The van der Waals surface area contributed by atoms with Gasteiger partial charge in [-0.3, -0.25) is 0 Å². The number of hydrogen-bond donors (Lipinski definition) is 0. The Morgan fingerprint density at radius 3 is 2.33 bits per heavy atom. The summed E-state index contributed by atoms with van der Waals surface area (Å²) >= 11 is 0. The summed E-state index contributed by atoms with van der Waals surface area (Å²) in [7, 11) is 1.32. The molecule has 2 rings (SSSR count). The first-order valence-electron chi connectivity index (χ1n) is 4.97. The summed E-state index contributed by atoms with van der Waals surface area (Å²) in [6.45, 7) is -0.718. The van der Waals surface area contributed by atoms with Gasteiger partial charge >= 0.3 is 12.1 Å². The van der Waals surface area contributed by atoms with Crippen LogP contribution in [-0.4, -0.2) is 31.5 Å². The van der Waals surface area contributed by atoms with E-state index in [4.69, 9.17) is 4.74 Å². The van der Waals surface area contributed by atoms with Gasteiger partial charge in [0.2, 0.25) is 0 Å². The predicted octanol–water partition coefficient (Wildman–Crippen LogP) is 1.93. The number of rotatable bonds is 3. The second kappa shape index (κ2) is 4.16. The quantitative estimate of drug-likeness (QED) is 0.474. The summed E-state index contributed by atoms with van der Waals surface area (Å²) in [5.74, 6) is -1.40. The molecule has 0 aliphatic carbocycles. The fourth-order valence-electron chi connectivity index (χ4n) is 1.35. The molecule has 4 nitrogen and oxygen atoms in total. The third kappa shape index (κ3) is 2.01. The van der Waals surface area contributed by atoms with Crippen molar-refractivity contribution < 1.29 is 32.2 Å². The van der Waals surface area contributed by atoms with Crippen LogP contribution in [0, 0.1) is 0 Å². The van der Waals surface area contributed by atoms with Crippen molar-refractivity contribution in [2.75, 3.05) is 13.7 Å². The second-order valence-electron chi connectivity index (χ2n) is 3.65. The van der Waals surface area contributed by atoms with Gasteiger partial charge in [-0.05, 0) is 12.1 Å². The van der Waals surface area contributed by atoms with Crippen LogP contribution in [0.5, 0.6) is 11.5 Å². The van der Waals surface area contributed by atoms with E-state index >= 15 is 0 Å². The number of esters is 1. The van der Waals surface area contributed by atoms with Gasteiger partial charge in [-0.2, -0.15) is 13.2 Å². The van der Waals surface area contributed by atoms with E-state index in [-0.39, 0.29) is 11.5 Å². The molecule has 1 fully saturated rings. The van der Waals surface area contributed by atoms with Crippen LogP contribution < -0.4 is 9.47 Å². The van der Waals surface area contributed by atoms with Crippen LogP contribution in [0.1, 0.15) is 0 Å². The predicted molar refractivity (Wildman–Crippen MR) is 53.4 cm³/mol. The largest absolute Gasteiger partial charge is 0.493 e. The van der Waals surface area contributed by atoms with Crippen molar-refractivity contribution in [1.82, 2.24) is 0 Å². The Morgan fingerprint density at radius 1 is 1.33 bits per heavy atom. The van der Waals surface area contributed by atoms with Crippen molar-refractivity contribution >= 4 is 5.97 Å². The molecule has 1 aromatic carbocycles.